The van der Waals surface area contributed by atoms with Crippen LogP contribution in [0.4, 0.5) is 11.4 Å². The Kier molecular flexibility index (Phi) is 4.04. The third kappa shape index (κ3) is 2.72. The summed E-state index contributed by atoms with van der Waals surface area (Å²) in [5, 5.41) is 15.4. The van der Waals surface area contributed by atoms with Crippen LogP contribution in [-0.2, 0) is 0 Å². The molecule has 0 spiro atoms. The summed E-state index contributed by atoms with van der Waals surface area (Å²) in [6.45, 7) is 2.77. The van der Waals surface area contributed by atoms with Gasteiger partial charge in [0.15, 0.2) is 0 Å². The molecule has 2 saturated heterocycles. The van der Waals surface area contributed by atoms with E-state index in [0.29, 0.717) is 28.8 Å². The first-order valence-electron chi connectivity index (χ1n) is 7.55. The molecule has 2 bridgehead atoms. The molecule has 2 heterocycles. The fourth-order valence-electron chi connectivity index (χ4n) is 3.82. The molecule has 5 nitrogen and oxygen atoms in total. The van der Waals surface area contributed by atoms with Crippen molar-refractivity contribution < 1.29 is 4.92 Å². The van der Waals surface area contributed by atoms with E-state index < -0.39 is 0 Å². The topological polar surface area (TPSA) is 58.4 Å². The highest BCUT2D eigenvalue weighted by Gasteiger charge is 2.37. The van der Waals surface area contributed by atoms with E-state index in [1.165, 1.54) is 12.8 Å². The monoisotopic (exact) mass is 309 g/mol. The number of anilines is 1. The van der Waals surface area contributed by atoms with Gasteiger partial charge >= 0.3 is 0 Å². The first-order valence-corrected chi connectivity index (χ1v) is 7.93. The summed E-state index contributed by atoms with van der Waals surface area (Å²) in [4.78, 5) is 13.1. The van der Waals surface area contributed by atoms with Crippen molar-refractivity contribution in [3.05, 3.63) is 33.3 Å². The van der Waals surface area contributed by atoms with E-state index in [0.717, 1.165) is 19.4 Å². The van der Waals surface area contributed by atoms with Gasteiger partial charge in [0.25, 0.3) is 5.69 Å². The molecule has 1 N–H and O–H groups in total. The van der Waals surface area contributed by atoms with Gasteiger partial charge in [-0.05, 0) is 38.7 Å². The molecule has 0 radical (unpaired) electrons. The van der Waals surface area contributed by atoms with E-state index in [1.807, 2.05) is 6.92 Å². The molecular formula is C15H20ClN3O2. The maximum atomic E-state index is 11.3. The van der Waals surface area contributed by atoms with Gasteiger partial charge in [0.05, 0.1) is 9.95 Å². The molecule has 2 atom stereocenters. The highest BCUT2D eigenvalue weighted by atomic mass is 35.5. The van der Waals surface area contributed by atoms with Crippen molar-refractivity contribution in [2.45, 2.75) is 50.7 Å². The molecule has 3 rings (SSSR count). The van der Waals surface area contributed by atoms with E-state index in [2.05, 4.69) is 10.2 Å². The van der Waals surface area contributed by atoms with Gasteiger partial charge in [-0.25, -0.2) is 0 Å². The van der Waals surface area contributed by atoms with Gasteiger partial charge in [0, 0.05) is 30.7 Å². The number of benzene rings is 1. The Bertz CT molecular complexity index is 540. The fraction of sp³-hybridized carbons (Fsp3) is 0.600. The Labute approximate surface area is 129 Å². The average Bonchev–Trinajstić information content (AvgIpc) is 2.80. The van der Waals surface area contributed by atoms with Crippen molar-refractivity contribution in [1.29, 1.82) is 0 Å². The second-order valence-corrected chi connectivity index (χ2v) is 6.32. The number of piperidine rings is 1. The van der Waals surface area contributed by atoms with Crippen LogP contribution in [0.25, 0.3) is 0 Å². The minimum atomic E-state index is -0.334. The van der Waals surface area contributed by atoms with Crippen LogP contribution in [-0.4, -0.2) is 29.6 Å². The highest BCUT2D eigenvalue weighted by molar-refractivity contribution is 6.33. The van der Waals surface area contributed by atoms with Crippen molar-refractivity contribution in [3.8, 4) is 0 Å². The molecule has 0 aliphatic carbocycles. The lowest BCUT2D eigenvalue weighted by molar-refractivity contribution is -0.384. The number of hydrogen-bond acceptors (Lipinski definition) is 4. The van der Waals surface area contributed by atoms with Gasteiger partial charge in [-0.15, -0.1) is 0 Å². The number of para-hydroxylation sites is 1. The van der Waals surface area contributed by atoms with Gasteiger partial charge in [0.1, 0.15) is 5.69 Å². The number of rotatable bonds is 4. The van der Waals surface area contributed by atoms with Crippen LogP contribution in [0.5, 0.6) is 0 Å². The van der Waals surface area contributed by atoms with Crippen LogP contribution in [0.2, 0.25) is 5.02 Å². The average molecular weight is 310 g/mol. The highest BCUT2D eigenvalue weighted by Crippen LogP contribution is 2.40. The maximum absolute atomic E-state index is 11.3. The quantitative estimate of drug-likeness (QED) is 0.684. The third-order valence-electron chi connectivity index (χ3n) is 4.68. The van der Waals surface area contributed by atoms with Crippen LogP contribution in [0.15, 0.2) is 18.2 Å². The second kappa shape index (κ2) is 5.81. The Morgan fingerprint density at radius 2 is 2.05 bits per heavy atom. The number of fused-ring (bicyclic) bond motifs is 2. The summed E-state index contributed by atoms with van der Waals surface area (Å²) in [5.74, 6) is 0. The molecule has 2 unspecified atom stereocenters. The summed E-state index contributed by atoms with van der Waals surface area (Å²) in [6, 6.07) is 6.34. The van der Waals surface area contributed by atoms with E-state index in [1.54, 1.807) is 18.2 Å². The van der Waals surface area contributed by atoms with Crippen molar-refractivity contribution >= 4 is 23.0 Å². The molecule has 2 fully saturated rings. The van der Waals surface area contributed by atoms with E-state index >= 15 is 0 Å². The molecule has 2 aliphatic rings. The first-order chi connectivity index (χ1) is 10.1. The molecule has 6 heteroatoms. The van der Waals surface area contributed by atoms with Gasteiger partial charge < -0.3 is 10.2 Å². The number of hydrogen-bond donors (Lipinski definition) is 1. The fourth-order valence-corrected chi connectivity index (χ4v) is 4.09. The number of halogens is 1. The Hall–Kier alpha value is -1.33. The van der Waals surface area contributed by atoms with Gasteiger partial charge in [0.2, 0.25) is 0 Å². The second-order valence-electron chi connectivity index (χ2n) is 5.91. The lowest BCUT2D eigenvalue weighted by Crippen LogP contribution is -2.48. The number of nitro benzene ring substituents is 1. The number of nitro groups is 1. The summed E-state index contributed by atoms with van der Waals surface area (Å²) < 4.78 is 0. The van der Waals surface area contributed by atoms with Crippen molar-refractivity contribution in [1.82, 2.24) is 5.32 Å². The maximum Gasteiger partial charge on any atom is 0.294 e. The molecule has 114 valence electrons. The van der Waals surface area contributed by atoms with Gasteiger partial charge in [-0.2, -0.15) is 0 Å². The summed E-state index contributed by atoms with van der Waals surface area (Å²) in [7, 11) is 0. The van der Waals surface area contributed by atoms with Crippen LogP contribution in [0.3, 0.4) is 0 Å². The Morgan fingerprint density at radius 3 is 2.62 bits per heavy atom. The van der Waals surface area contributed by atoms with Crippen LogP contribution in [0.1, 0.15) is 32.6 Å². The normalized spacial score (nSPS) is 27.6. The summed E-state index contributed by atoms with van der Waals surface area (Å²) >= 11 is 6.29. The van der Waals surface area contributed by atoms with E-state index in [9.17, 15) is 10.1 Å². The molecule has 21 heavy (non-hydrogen) atoms. The summed E-state index contributed by atoms with van der Waals surface area (Å²) in [6.07, 6.45) is 4.49. The number of nitrogens with zero attached hydrogens (tertiary/aromatic N) is 2. The molecule has 2 aliphatic heterocycles. The SMILES string of the molecule is CCN(c1c(Cl)cccc1[N+](=O)[O-])C1CC2CCC(C1)N2. The third-order valence-corrected chi connectivity index (χ3v) is 4.98. The zero-order valence-corrected chi connectivity index (χ0v) is 12.8. The number of nitrogens with one attached hydrogen (secondary N) is 1. The molecule has 0 aromatic heterocycles. The van der Waals surface area contributed by atoms with Gasteiger partial charge in [-0.1, -0.05) is 17.7 Å². The van der Waals surface area contributed by atoms with Gasteiger partial charge in [-0.3, -0.25) is 10.1 Å². The molecule has 0 amide bonds. The molecule has 1 aromatic carbocycles. The largest absolute Gasteiger partial charge is 0.362 e. The Morgan fingerprint density at radius 1 is 1.38 bits per heavy atom. The minimum Gasteiger partial charge on any atom is -0.362 e. The van der Waals surface area contributed by atoms with Crippen LogP contribution >= 0.6 is 11.6 Å². The predicted octanol–water partition coefficient (Wildman–Crippen LogP) is 3.36. The predicted molar refractivity (Wildman–Crippen MR) is 84.1 cm³/mol. The minimum absolute atomic E-state index is 0.107. The van der Waals surface area contributed by atoms with Crippen molar-refractivity contribution in [2.75, 3.05) is 11.4 Å². The molecular weight excluding hydrogens is 290 g/mol. The molecule has 0 saturated carbocycles. The van der Waals surface area contributed by atoms with Crippen LogP contribution in [0, 0.1) is 10.1 Å². The van der Waals surface area contributed by atoms with Crippen molar-refractivity contribution in [3.63, 3.8) is 0 Å². The van der Waals surface area contributed by atoms with E-state index in [-0.39, 0.29) is 10.6 Å². The lowest BCUT2D eigenvalue weighted by atomic mass is 9.97. The van der Waals surface area contributed by atoms with Crippen molar-refractivity contribution in [2.24, 2.45) is 0 Å². The zero-order valence-electron chi connectivity index (χ0n) is 12.1. The summed E-state index contributed by atoms with van der Waals surface area (Å²) in [5.41, 5.74) is 0.688. The lowest BCUT2D eigenvalue weighted by Gasteiger charge is -2.38. The molecule has 1 aromatic rings. The zero-order chi connectivity index (χ0) is 15.0. The smallest absolute Gasteiger partial charge is 0.294 e. The standard InChI is InChI=1S/C15H20ClN3O2/c1-2-18(12-8-10-6-7-11(9-12)17-10)15-13(16)4-3-5-14(15)19(20)21/h3-5,10-12,17H,2,6-9H2,1H3. The van der Waals surface area contributed by atoms with E-state index in [4.69, 9.17) is 11.6 Å². The Balaban J connectivity index is 1.95. The van der Waals surface area contributed by atoms with Crippen LogP contribution < -0.4 is 10.2 Å². The first kappa shape index (κ1) is 14.6.